The molecule has 1 aromatic heterocycles. The Morgan fingerprint density at radius 1 is 1.00 bits per heavy atom. The lowest BCUT2D eigenvalue weighted by atomic mass is 10.0. The van der Waals surface area contributed by atoms with Gasteiger partial charge >= 0.3 is 0 Å². The van der Waals surface area contributed by atoms with Gasteiger partial charge < -0.3 is 16.0 Å². The van der Waals surface area contributed by atoms with Gasteiger partial charge in [-0.3, -0.25) is 9.69 Å². The molecule has 0 atom stereocenters. The van der Waals surface area contributed by atoms with Crippen molar-refractivity contribution in [1.82, 2.24) is 14.9 Å². The molecule has 1 fully saturated rings. The van der Waals surface area contributed by atoms with Crippen LogP contribution in [0.4, 0.5) is 17.3 Å². The molecule has 1 amide bonds. The summed E-state index contributed by atoms with van der Waals surface area (Å²) in [6.45, 7) is 10.6. The van der Waals surface area contributed by atoms with Crippen molar-refractivity contribution in [3.8, 4) is 11.8 Å². The van der Waals surface area contributed by atoms with Gasteiger partial charge in [0.1, 0.15) is 0 Å². The van der Waals surface area contributed by atoms with Crippen LogP contribution in [0, 0.1) is 18.8 Å². The number of benzene rings is 2. The van der Waals surface area contributed by atoms with E-state index in [1.54, 1.807) is 18.5 Å². The Labute approximate surface area is 201 Å². The molecule has 3 aromatic rings. The number of carbonyl (C=O) groups excluding carboxylic acids is 1. The van der Waals surface area contributed by atoms with Crippen LogP contribution < -0.4 is 16.0 Å². The third-order valence-corrected chi connectivity index (χ3v) is 6.05. The molecule has 0 aliphatic carbocycles. The second-order valence-corrected chi connectivity index (χ2v) is 8.73. The summed E-state index contributed by atoms with van der Waals surface area (Å²) in [5, 5.41) is 2.99. The number of carbonyl (C=O) groups is 1. The van der Waals surface area contributed by atoms with Gasteiger partial charge in [-0.05, 0) is 62.7 Å². The Balaban J connectivity index is 1.41. The van der Waals surface area contributed by atoms with E-state index in [4.69, 9.17) is 5.73 Å². The smallest absolute Gasteiger partial charge is 0.255 e. The van der Waals surface area contributed by atoms with Gasteiger partial charge in [0.15, 0.2) is 0 Å². The van der Waals surface area contributed by atoms with Gasteiger partial charge in [0, 0.05) is 67.1 Å². The average molecular weight is 455 g/mol. The highest BCUT2D eigenvalue weighted by molar-refractivity contribution is 6.04. The van der Waals surface area contributed by atoms with Crippen LogP contribution in [-0.2, 0) is 0 Å². The van der Waals surface area contributed by atoms with Crippen molar-refractivity contribution < 1.29 is 4.79 Å². The van der Waals surface area contributed by atoms with Crippen LogP contribution in [-0.4, -0.2) is 53.0 Å². The predicted octanol–water partition coefficient (Wildman–Crippen LogP) is 3.55. The molecule has 7 nitrogen and oxygen atoms in total. The van der Waals surface area contributed by atoms with E-state index in [2.05, 4.69) is 62.9 Å². The maximum atomic E-state index is 12.9. The summed E-state index contributed by atoms with van der Waals surface area (Å²) in [5.41, 5.74) is 10.4. The second kappa shape index (κ2) is 10.4. The number of nitrogens with one attached hydrogen (secondary N) is 1. The van der Waals surface area contributed by atoms with E-state index in [-0.39, 0.29) is 11.9 Å². The van der Waals surface area contributed by atoms with Crippen LogP contribution in [0.3, 0.4) is 0 Å². The van der Waals surface area contributed by atoms with E-state index in [1.165, 1.54) is 5.69 Å². The molecule has 0 saturated carbocycles. The molecule has 7 heteroatoms. The number of hydrogen-bond acceptors (Lipinski definition) is 6. The number of rotatable bonds is 4. The highest BCUT2D eigenvalue weighted by atomic mass is 16.1. The Kier molecular flexibility index (Phi) is 7.09. The molecular weight excluding hydrogens is 424 g/mol. The summed E-state index contributed by atoms with van der Waals surface area (Å²) in [6.07, 6.45) is 3.16. The zero-order valence-electron chi connectivity index (χ0n) is 19.9. The molecule has 0 radical (unpaired) electrons. The number of aryl methyl sites for hydroxylation is 1. The molecule has 0 unspecified atom stereocenters. The van der Waals surface area contributed by atoms with Crippen molar-refractivity contribution in [1.29, 1.82) is 0 Å². The first-order valence-corrected chi connectivity index (χ1v) is 11.5. The summed E-state index contributed by atoms with van der Waals surface area (Å²) in [7, 11) is 0. The quantitative estimate of drug-likeness (QED) is 0.587. The maximum absolute atomic E-state index is 12.9. The van der Waals surface area contributed by atoms with E-state index >= 15 is 0 Å². The zero-order valence-corrected chi connectivity index (χ0v) is 19.9. The summed E-state index contributed by atoms with van der Waals surface area (Å²) < 4.78 is 0. The van der Waals surface area contributed by atoms with Gasteiger partial charge in [-0.1, -0.05) is 17.9 Å². The summed E-state index contributed by atoms with van der Waals surface area (Å²) in [6, 6.07) is 14.2. The number of nitrogen functional groups attached to an aromatic ring is 1. The number of hydrogen-bond donors (Lipinski definition) is 2. The summed E-state index contributed by atoms with van der Waals surface area (Å²) >= 11 is 0. The first-order valence-electron chi connectivity index (χ1n) is 11.5. The molecule has 1 saturated heterocycles. The fraction of sp³-hybridized carbons (Fsp3) is 0.296. The number of aromatic nitrogens is 2. The largest absolute Gasteiger partial charge is 0.369 e. The van der Waals surface area contributed by atoms with E-state index in [9.17, 15) is 4.79 Å². The Morgan fingerprint density at radius 2 is 1.68 bits per heavy atom. The first kappa shape index (κ1) is 23.3. The minimum atomic E-state index is -0.169. The molecule has 0 spiro atoms. The van der Waals surface area contributed by atoms with Crippen LogP contribution in [0.15, 0.2) is 54.9 Å². The van der Waals surface area contributed by atoms with Crippen molar-refractivity contribution in [2.24, 2.45) is 0 Å². The van der Waals surface area contributed by atoms with E-state index in [0.29, 0.717) is 17.2 Å². The van der Waals surface area contributed by atoms with Crippen molar-refractivity contribution in [3.05, 3.63) is 77.1 Å². The summed E-state index contributed by atoms with van der Waals surface area (Å²) in [5.74, 6) is 6.16. The summed E-state index contributed by atoms with van der Waals surface area (Å²) in [4.78, 5) is 25.6. The Bertz CT molecular complexity index is 1200. The second-order valence-electron chi connectivity index (χ2n) is 8.73. The average Bonchev–Trinajstić information content (AvgIpc) is 2.85. The van der Waals surface area contributed by atoms with Crippen molar-refractivity contribution in [3.63, 3.8) is 0 Å². The molecule has 2 heterocycles. The third kappa shape index (κ3) is 5.72. The van der Waals surface area contributed by atoms with Crippen molar-refractivity contribution >= 4 is 23.2 Å². The lowest BCUT2D eigenvalue weighted by Gasteiger charge is -2.38. The minimum Gasteiger partial charge on any atom is -0.369 e. The van der Waals surface area contributed by atoms with Gasteiger partial charge in [-0.2, -0.15) is 0 Å². The molecule has 34 heavy (non-hydrogen) atoms. The van der Waals surface area contributed by atoms with Crippen LogP contribution in [0.2, 0.25) is 0 Å². The number of amides is 1. The number of nitrogens with two attached hydrogens (primary N) is 1. The normalized spacial score (nSPS) is 13.9. The molecule has 3 N–H and O–H groups in total. The Morgan fingerprint density at radius 3 is 2.32 bits per heavy atom. The fourth-order valence-corrected chi connectivity index (χ4v) is 3.90. The van der Waals surface area contributed by atoms with Crippen LogP contribution >= 0.6 is 0 Å². The molecule has 2 aromatic carbocycles. The standard InChI is InChI=1S/C27H30N6O/c1-19(2)32-12-14-33(15-13-32)25-10-8-24(9-11-25)31-26(34)23-6-4-20(3)22(16-23)7-5-21-17-29-27(28)30-18-21/h4,6,8-11,16-19H,12-15H2,1-3H3,(H,31,34)(H2,28,29,30). The van der Waals surface area contributed by atoms with E-state index in [1.807, 2.05) is 31.2 Å². The van der Waals surface area contributed by atoms with Crippen molar-refractivity contribution in [2.75, 3.05) is 42.1 Å². The maximum Gasteiger partial charge on any atom is 0.255 e. The minimum absolute atomic E-state index is 0.169. The van der Waals surface area contributed by atoms with Gasteiger partial charge in [-0.25, -0.2) is 9.97 Å². The third-order valence-electron chi connectivity index (χ3n) is 6.05. The molecule has 1 aliphatic heterocycles. The van der Waals surface area contributed by atoms with Gasteiger partial charge in [0.05, 0.1) is 5.56 Å². The van der Waals surface area contributed by atoms with E-state index < -0.39 is 0 Å². The molecule has 174 valence electrons. The Hall–Kier alpha value is -3.89. The lowest BCUT2D eigenvalue weighted by molar-refractivity contribution is 0.102. The SMILES string of the molecule is Cc1ccc(C(=O)Nc2ccc(N3CCN(C(C)C)CC3)cc2)cc1C#Cc1cnc(N)nc1. The molecule has 0 bridgehead atoms. The van der Waals surface area contributed by atoms with Gasteiger partial charge in [-0.15, -0.1) is 0 Å². The number of piperazine rings is 1. The van der Waals surface area contributed by atoms with Gasteiger partial charge in [0.25, 0.3) is 5.91 Å². The molecule has 1 aliphatic rings. The van der Waals surface area contributed by atoms with Crippen LogP contribution in [0.5, 0.6) is 0 Å². The zero-order chi connectivity index (χ0) is 24.1. The predicted molar refractivity (Wildman–Crippen MR) is 137 cm³/mol. The first-order chi connectivity index (χ1) is 16.4. The van der Waals surface area contributed by atoms with Crippen LogP contribution in [0.25, 0.3) is 0 Å². The fourth-order valence-electron chi connectivity index (χ4n) is 3.90. The highest BCUT2D eigenvalue weighted by Crippen LogP contribution is 2.21. The highest BCUT2D eigenvalue weighted by Gasteiger charge is 2.19. The molecule has 4 rings (SSSR count). The lowest BCUT2D eigenvalue weighted by Crippen LogP contribution is -2.48. The van der Waals surface area contributed by atoms with Crippen molar-refractivity contribution in [2.45, 2.75) is 26.8 Å². The number of anilines is 3. The van der Waals surface area contributed by atoms with Crippen LogP contribution in [0.1, 0.15) is 40.9 Å². The number of nitrogens with zero attached hydrogens (tertiary/aromatic N) is 4. The topological polar surface area (TPSA) is 87.4 Å². The molecular formula is C27H30N6O. The monoisotopic (exact) mass is 454 g/mol. The van der Waals surface area contributed by atoms with Gasteiger partial charge in [0.2, 0.25) is 5.95 Å². The van der Waals surface area contributed by atoms with E-state index in [0.717, 1.165) is 43.0 Å².